The Bertz CT molecular complexity index is 421. The predicted octanol–water partition coefficient (Wildman–Crippen LogP) is 0.511. The fourth-order valence-electron chi connectivity index (χ4n) is 1.54. The van der Waals surface area contributed by atoms with Gasteiger partial charge in [-0.15, -0.1) is 0 Å². The maximum absolute atomic E-state index is 11.8. The van der Waals surface area contributed by atoms with Crippen molar-refractivity contribution in [3.8, 4) is 0 Å². The van der Waals surface area contributed by atoms with Crippen LogP contribution in [0.5, 0.6) is 0 Å². The van der Waals surface area contributed by atoms with Gasteiger partial charge in [0, 0.05) is 13.7 Å². The number of ether oxygens (including phenoxy) is 1. The molecular formula is C11H16N2O5. The summed E-state index contributed by atoms with van der Waals surface area (Å²) in [6.45, 7) is 3.42. The van der Waals surface area contributed by atoms with Crippen LogP contribution in [-0.4, -0.2) is 41.9 Å². The lowest BCUT2D eigenvalue weighted by Crippen LogP contribution is -2.34. The highest BCUT2D eigenvalue weighted by molar-refractivity contribution is 5.96. The Hall–Kier alpha value is -1.89. The summed E-state index contributed by atoms with van der Waals surface area (Å²) in [6, 6.07) is 0. The van der Waals surface area contributed by atoms with Gasteiger partial charge in [-0.2, -0.15) is 0 Å². The van der Waals surface area contributed by atoms with Crippen molar-refractivity contribution >= 4 is 11.9 Å². The summed E-state index contributed by atoms with van der Waals surface area (Å²) in [6.07, 6.45) is -0.731. The number of carboxylic acid groups (broad SMARTS) is 1. The molecule has 0 aliphatic heterocycles. The van der Waals surface area contributed by atoms with E-state index in [9.17, 15) is 9.59 Å². The molecule has 0 aromatic carbocycles. The van der Waals surface area contributed by atoms with Crippen LogP contribution in [-0.2, 0) is 9.53 Å². The molecule has 1 unspecified atom stereocenters. The molecule has 0 radical (unpaired) electrons. The van der Waals surface area contributed by atoms with Gasteiger partial charge in [-0.05, 0) is 13.8 Å². The normalized spacial score (nSPS) is 12.2. The van der Waals surface area contributed by atoms with Gasteiger partial charge in [0.2, 0.25) is 0 Å². The van der Waals surface area contributed by atoms with Crippen LogP contribution in [0.3, 0.4) is 0 Å². The molecule has 0 aliphatic carbocycles. The molecule has 1 amide bonds. The fraction of sp³-hybridized carbons (Fsp3) is 0.545. The average Bonchev–Trinajstić information content (AvgIpc) is 2.63. The fourth-order valence-corrected chi connectivity index (χ4v) is 1.54. The largest absolute Gasteiger partial charge is 0.481 e. The molecule has 1 heterocycles. The maximum Gasteiger partial charge on any atom is 0.306 e. The first-order valence-electron chi connectivity index (χ1n) is 5.41. The van der Waals surface area contributed by atoms with Crippen molar-refractivity contribution in [2.24, 2.45) is 0 Å². The van der Waals surface area contributed by atoms with Crippen LogP contribution in [0.4, 0.5) is 0 Å². The number of aryl methyl sites for hydroxylation is 2. The van der Waals surface area contributed by atoms with E-state index in [2.05, 4.69) is 10.5 Å². The third-order valence-electron chi connectivity index (χ3n) is 2.49. The van der Waals surface area contributed by atoms with Crippen LogP contribution in [0, 0.1) is 13.8 Å². The zero-order valence-electron chi connectivity index (χ0n) is 10.5. The lowest BCUT2D eigenvalue weighted by atomic mass is 10.2. The number of hydrogen-bond donors (Lipinski definition) is 2. The molecule has 0 fully saturated rings. The van der Waals surface area contributed by atoms with Gasteiger partial charge in [0.15, 0.2) is 0 Å². The second kappa shape index (κ2) is 6.15. The number of hydrogen-bond acceptors (Lipinski definition) is 5. The van der Waals surface area contributed by atoms with E-state index in [0.717, 1.165) is 0 Å². The molecule has 100 valence electrons. The van der Waals surface area contributed by atoms with Gasteiger partial charge >= 0.3 is 5.97 Å². The molecule has 7 nitrogen and oxygen atoms in total. The summed E-state index contributed by atoms with van der Waals surface area (Å²) < 4.78 is 9.83. The summed E-state index contributed by atoms with van der Waals surface area (Å²) in [5.41, 5.74) is 0.873. The number of nitrogens with zero attached hydrogens (tertiary/aromatic N) is 1. The Morgan fingerprint density at radius 3 is 2.61 bits per heavy atom. The zero-order valence-corrected chi connectivity index (χ0v) is 10.5. The topological polar surface area (TPSA) is 102 Å². The highest BCUT2D eigenvalue weighted by Gasteiger charge is 2.19. The van der Waals surface area contributed by atoms with Gasteiger partial charge in [0.05, 0.1) is 18.2 Å². The summed E-state index contributed by atoms with van der Waals surface area (Å²) in [7, 11) is 1.40. The molecule has 0 saturated heterocycles. The van der Waals surface area contributed by atoms with Crippen molar-refractivity contribution < 1.29 is 24.0 Å². The highest BCUT2D eigenvalue weighted by Crippen LogP contribution is 2.11. The number of rotatable bonds is 6. The number of aromatic nitrogens is 1. The van der Waals surface area contributed by atoms with Gasteiger partial charge in [-0.3, -0.25) is 9.59 Å². The number of methoxy groups -OCH3 is 1. The lowest BCUT2D eigenvalue weighted by molar-refractivity contribution is -0.139. The van der Waals surface area contributed by atoms with Gasteiger partial charge < -0.3 is 19.7 Å². The van der Waals surface area contributed by atoms with E-state index < -0.39 is 12.1 Å². The van der Waals surface area contributed by atoms with Crippen LogP contribution in [0.2, 0.25) is 0 Å². The molecule has 1 atom stereocenters. The molecule has 18 heavy (non-hydrogen) atoms. The second-order valence-electron chi connectivity index (χ2n) is 3.86. The van der Waals surface area contributed by atoms with Gasteiger partial charge in [0.25, 0.3) is 5.91 Å². The Kier molecular flexibility index (Phi) is 4.85. The van der Waals surface area contributed by atoms with Crippen LogP contribution < -0.4 is 5.32 Å². The molecular weight excluding hydrogens is 240 g/mol. The van der Waals surface area contributed by atoms with E-state index in [0.29, 0.717) is 17.0 Å². The molecule has 0 spiro atoms. The van der Waals surface area contributed by atoms with E-state index in [1.165, 1.54) is 7.11 Å². The highest BCUT2D eigenvalue weighted by atomic mass is 16.5. The average molecular weight is 256 g/mol. The maximum atomic E-state index is 11.8. The molecule has 7 heteroatoms. The number of amides is 1. The first-order valence-corrected chi connectivity index (χ1v) is 5.41. The van der Waals surface area contributed by atoms with Crippen molar-refractivity contribution in [2.45, 2.75) is 26.4 Å². The number of carboxylic acids is 1. The number of nitrogens with one attached hydrogen (secondary N) is 1. The quantitative estimate of drug-likeness (QED) is 0.769. The SMILES string of the molecule is COC(CNC(=O)c1c(C)noc1C)CC(=O)O. The standard InChI is InChI=1S/C11H16N2O5/c1-6-10(7(2)18-13-6)11(16)12-5-8(17-3)4-9(14)15/h8H,4-5H2,1-3H3,(H,12,16)(H,14,15). The smallest absolute Gasteiger partial charge is 0.306 e. The third kappa shape index (κ3) is 3.56. The molecule has 1 aromatic rings. The Balaban J connectivity index is 2.58. The van der Waals surface area contributed by atoms with Crippen molar-refractivity contribution in [1.82, 2.24) is 10.5 Å². The van der Waals surface area contributed by atoms with Crippen molar-refractivity contribution in [3.63, 3.8) is 0 Å². The lowest BCUT2D eigenvalue weighted by Gasteiger charge is -2.13. The first-order chi connectivity index (χ1) is 8.45. The number of carbonyl (C=O) groups is 2. The van der Waals surface area contributed by atoms with Crippen molar-refractivity contribution in [3.05, 3.63) is 17.0 Å². The summed E-state index contributed by atoms with van der Waals surface area (Å²) in [5.74, 6) is -0.899. The van der Waals surface area contributed by atoms with E-state index >= 15 is 0 Å². The molecule has 0 bridgehead atoms. The molecule has 0 saturated carbocycles. The minimum atomic E-state index is -0.978. The molecule has 1 rings (SSSR count). The van der Waals surface area contributed by atoms with E-state index in [4.69, 9.17) is 14.4 Å². The summed E-state index contributed by atoms with van der Waals surface area (Å²) >= 11 is 0. The molecule has 1 aromatic heterocycles. The Morgan fingerprint density at radius 2 is 2.17 bits per heavy atom. The number of carbonyl (C=O) groups excluding carboxylic acids is 1. The van der Waals surface area contributed by atoms with Crippen LogP contribution in [0.1, 0.15) is 28.2 Å². The summed E-state index contributed by atoms with van der Waals surface area (Å²) in [5, 5.41) is 14.9. The Labute approximate surface area is 104 Å². The predicted molar refractivity (Wildman–Crippen MR) is 61.4 cm³/mol. The first kappa shape index (κ1) is 14.2. The summed E-state index contributed by atoms with van der Waals surface area (Å²) in [4.78, 5) is 22.4. The van der Waals surface area contributed by atoms with Gasteiger partial charge in [0.1, 0.15) is 11.3 Å². The van der Waals surface area contributed by atoms with Crippen LogP contribution in [0.15, 0.2) is 4.52 Å². The minimum Gasteiger partial charge on any atom is -0.481 e. The van der Waals surface area contributed by atoms with Crippen molar-refractivity contribution in [2.75, 3.05) is 13.7 Å². The van der Waals surface area contributed by atoms with Gasteiger partial charge in [-0.25, -0.2) is 0 Å². The molecule has 2 N–H and O–H groups in total. The van der Waals surface area contributed by atoms with Crippen LogP contribution >= 0.6 is 0 Å². The van der Waals surface area contributed by atoms with Gasteiger partial charge in [-0.1, -0.05) is 5.16 Å². The monoisotopic (exact) mass is 256 g/mol. The van der Waals surface area contributed by atoms with Crippen LogP contribution in [0.25, 0.3) is 0 Å². The van der Waals surface area contributed by atoms with E-state index in [1.807, 2.05) is 0 Å². The van der Waals surface area contributed by atoms with E-state index in [1.54, 1.807) is 13.8 Å². The Morgan fingerprint density at radius 1 is 1.50 bits per heavy atom. The minimum absolute atomic E-state index is 0.117. The third-order valence-corrected chi connectivity index (χ3v) is 2.49. The molecule has 0 aliphatic rings. The van der Waals surface area contributed by atoms with E-state index in [-0.39, 0.29) is 18.9 Å². The number of aliphatic carboxylic acids is 1. The van der Waals surface area contributed by atoms with Crippen molar-refractivity contribution in [1.29, 1.82) is 0 Å². The second-order valence-corrected chi connectivity index (χ2v) is 3.86. The zero-order chi connectivity index (χ0) is 13.7.